The van der Waals surface area contributed by atoms with Crippen LogP contribution in [0.3, 0.4) is 0 Å². The summed E-state index contributed by atoms with van der Waals surface area (Å²) >= 11 is 17.7. The van der Waals surface area contributed by atoms with Gasteiger partial charge in [-0.1, -0.05) is 41.4 Å². The first kappa shape index (κ1) is 11.8. The van der Waals surface area contributed by atoms with E-state index in [1.165, 1.54) is 0 Å². The second-order valence-electron chi connectivity index (χ2n) is 3.85. The van der Waals surface area contributed by atoms with Crippen LogP contribution in [-0.4, -0.2) is 9.55 Å². The van der Waals surface area contributed by atoms with Crippen LogP contribution in [-0.2, 0) is 0 Å². The Balaban J connectivity index is 2.44. The zero-order chi connectivity index (χ0) is 12.7. The van der Waals surface area contributed by atoms with Crippen molar-refractivity contribution in [2.45, 2.75) is 0 Å². The number of benzene rings is 2. The third-order valence-corrected chi connectivity index (χ3v) is 3.68. The van der Waals surface area contributed by atoms with Crippen molar-refractivity contribution in [2.24, 2.45) is 0 Å². The third-order valence-electron chi connectivity index (χ3n) is 2.76. The van der Waals surface area contributed by atoms with Gasteiger partial charge in [0.2, 0.25) is 0 Å². The van der Waals surface area contributed by atoms with E-state index in [-0.39, 0.29) is 0 Å². The number of halogens is 2. The van der Waals surface area contributed by atoms with E-state index >= 15 is 0 Å². The van der Waals surface area contributed by atoms with Gasteiger partial charge in [-0.15, -0.1) is 0 Å². The molecule has 1 heterocycles. The maximum absolute atomic E-state index is 6.21. The highest BCUT2D eigenvalue weighted by molar-refractivity contribution is 7.71. The lowest BCUT2D eigenvalue weighted by Crippen LogP contribution is -1.94. The van der Waals surface area contributed by atoms with Gasteiger partial charge in [0.1, 0.15) is 0 Å². The monoisotopic (exact) mass is 294 g/mol. The van der Waals surface area contributed by atoms with Crippen molar-refractivity contribution >= 4 is 46.5 Å². The van der Waals surface area contributed by atoms with Gasteiger partial charge in [0, 0.05) is 0 Å². The fourth-order valence-electron chi connectivity index (χ4n) is 1.97. The Labute approximate surface area is 119 Å². The lowest BCUT2D eigenvalue weighted by Gasteiger charge is -2.06. The molecular formula is C13H8Cl2N2S. The maximum atomic E-state index is 6.21. The van der Waals surface area contributed by atoms with E-state index in [2.05, 4.69) is 4.98 Å². The molecule has 3 aromatic rings. The van der Waals surface area contributed by atoms with Gasteiger partial charge in [-0.3, -0.25) is 4.57 Å². The van der Waals surface area contributed by atoms with Crippen LogP contribution in [0.1, 0.15) is 0 Å². The number of hydrogen-bond donors (Lipinski definition) is 1. The van der Waals surface area contributed by atoms with Crippen molar-refractivity contribution in [1.82, 2.24) is 9.55 Å². The number of rotatable bonds is 1. The van der Waals surface area contributed by atoms with Gasteiger partial charge in [-0.2, -0.15) is 0 Å². The number of fused-ring (bicyclic) bond motifs is 1. The fraction of sp³-hybridized carbons (Fsp3) is 0. The highest BCUT2D eigenvalue weighted by Gasteiger charge is 2.10. The molecule has 5 heteroatoms. The Morgan fingerprint density at radius 3 is 2.44 bits per heavy atom. The molecule has 3 rings (SSSR count). The van der Waals surface area contributed by atoms with Crippen molar-refractivity contribution < 1.29 is 0 Å². The van der Waals surface area contributed by atoms with E-state index in [4.69, 9.17) is 35.4 Å². The third kappa shape index (κ3) is 1.75. The first-order valence-electron chi connectivity index (χ1n) is 5.32. The highest BCUT2D eigenvalue weighted by atomic mass is 35.5. The largest absolute Gasteiger partial charge is 0.329 e. The van der Waals surface area contributed by atoms with Gasteiger partial charge >= 0.3 is 0 Å². The summed E-state index contributed by atoms with van der Waals surface area (Å²) in [5.74, 6) is 0. The smallest absolute Gasteiger partial charge is 0.182 e. The Morgan fingerprint density at radius 2 is 1.67 bits per heavy atom. The number of aromatic nitrogens is 2. The Kier molecular flexibility index (Phi) is 2.90. The Bertz CT molecular complexity index is 789. The Morgan fingerprint density at radius 1 is 0.944 bits per heavy atom. The maximum Gasteiger partial charge on any atom is 0.182 e. The summed E-state index contributed by atoms with van der Waals surface area (Å²) in [7, 11) is 0. The summed E-state index contributed by atoms with van der Waals surface area (Å²) < 4.78 is 2.46. The molecule has 0 spiro atoms. The SMILES string of the molecule is S=c1[nH]c2c(Cl)cccc2n1-c1ccccc1Cl. The molecule has 2 aromatic carbocycles. The molecular weight excluding hydrogens is 287 g/mol. The van der Waals surface area contributed by atoms with E-state index < -0.39 is 0 Å². The summed E-state index contributed by atoms with van der Waals surface area (Å²) in [5.41, 5.74) is 2.59. The highest BCUT2D eigenvalue weighted by Crippen LogP contribution is 2.28. The number of para-hydroxylation sites is 2. The van der Waals surface area contributed by atoms with Gasteiger partial charge in [0.25, 0.3) is 0 Å². The molecule has 0 bridgehead atoms. The summed E-state index contributed by atoms with van der Waals surface area (Å²) in [6, 6.07) is 13.2. The van der Waals surface area contributed by atoms with Gasteiger partial charge in [0.05, 0.1) is 26.8 Å². The van der Waals surface area contributed by atoms with Crippen LogP contribution in [0.25, 0.3) is 16.7 Å². The zero-order valence-electron chi connectivity index (χ0n) is 9.15. The molecule has 0 aliphatic carbocycles. The number of hydrogen-bond acceptors (Lipinski definition) is 1. The van der Waals surface area contributed by atoms with Gasteiger partial charge in [-0.25, -0.2) is 0 Å². The summed E-state index contributed by atoms with van der Waals surface area (Å²) in [4.78, 5) is 3.11. The van der Waals surface area contributed by atoms with E-state index in [9.17, 15) is 0 Å². The van der Waals surface area contributed by atoms with Gasteiger partial charge in [0.15, 0.2) is 4.77 Å². The molecule has 1 N–H and O–H groups in total. The molecule has 0 fully saturated rings. The molecule has 18 heavy (non-hydrogen) atoms. The summed E-state index contributed by atoms with van der Waals surface area (Å²) in [6.07, 6.45) is 0. The minimum atomic E-state index is 0.575. The molecule has 90 valence electrons. The molecule has 1 aromatic heterocycles. The second-order valence-corrected chi connectivity index (χ2v) is 5.05. The predicted molar refractivity (Wildman–Crippen MR) is 78.5 cm³/mol. The standard InChI is InChI=1S/C13H8Cl2N2S/c14-8-4-1-2-6-10(8)17-11-7-3-5-9(15)12(11)16-13(17)18/h1-7H,(H,16,18). The number of nitrogens with one attached hydrogen (secondary N) is 1. The quantitative estimate of drug-likeness (QED) is 0.627. The molecule has 2 nitrogen and oxygen atoms in total. The van der Waals surface area contributed by atoms with Crippen molar-refractivity contribution in [3.63, 3.8) is 0 Å². The number of aromatic amines is 1. The summed E-state index contributed by atoms with van der Waals surface area (Å²) in [5, 5.41) is 1.29. The van der Waals surface area contributed by atoms with Gasteiger partial charge < -0.3 is 4.98 Å². The van der Waals surface area contributed by atoms with Crippen molar-refractivity contribution in [3.05, 3.63) is 57.3 Å². The lowest BCUT2D eigenvalue weighted by atomic mass is 10.3. The fourth-order valence-corrected chi connectivity index (χ4v) is 2.70. The average molecular weight is 295 g/mol. The average Bonchev–Trinajstić information content (AvgIpc) is 2.68. The first-order valence-corrected chi connectivity index (χ1v) is 6.49. The molecule has 0 radical (unpaired) electrons. The topological polar surface area (TPSA) is 20.7 Å². The van der Waals surface area contributed by atoms with E-state index in [1.54, 1.807) is 0 Å². The Hall–Kier alpha value is -1.29. The molecule has 0 saturated carbocycles. The number of nitrogens with zero attached hydrogens (tertiary/aromatic N) is 1. The number of H-pyrrole nitrogens is 1. The van der Waals surface area contributed by atoms with E-state index in [0.717, 1.165) is 16.7 Å². The number of imidazole rings is 1. The van der Waals surface area contributed by atoms with Gasteiger partial charge in [-0.05, 0) is 36.5 Å². The molecule has 0 unspecified atom stereocenters. The van der Waals surface area contributed by atoms with Crippen molar-refractivity contribution in [1.29, 1.82) is 0 Å². The first-order chi connectivity index (χ1) is 8.68. The lowest BCUT2D eigenvalue weighted by molar-refractivity contribution is 1.07. The molecule has 0 atom stereocenters. The minimum Gasteiger partial charge on any atom is -0.329 e. The van der Waals surface area contributed by atoms with Crippen molar-refractivity contribution in [2.75, 3.05) is 0 Å². The second kappa shape index (κ2) is 4.43. The van der Waals surface area contributed by atoms with E-state index in [0.29, 0.717) is 14.8 Å². The molecule has 0 saturated heterocycles. The van der Waals surface area contributed by atoms with Crippen LogP contribution in [0.5, 0.6) is 0 Å². The molecule has 0 aliphatic heterocycles. The van der Waals surface area contributed by atoms with Crippen LogP contribution in [0, 0.1) is 4.77 Å². The zero-order valence-corrected chi connectivity index (χ0v) is 11.5. The molecule has 0 aliphatic rings. The molecule has 0 amide bonds. The van der Waals surface area contributed by atoms with Crippen LogP contribution in [0.4, 0.5) is 0 Å². The predicted octanol–water partition coefficient (Wildman–Crippen LogP) is 4.99. The van der Waals surface area contributed by atoms with Crippen LogP contribution in [0.15, 0.2) is 42.5 Å². The van der Waals surface area contributed by atoms with E-state index in [1.807, 2.05) is 47.0 Å². The minimum absolute atomic E-state index is 0.575. The van der Waals surface area contributed by atoms with Crippen molar-refractivity contribution in [3.8, 4) is 5.69 Å². The van der Waals surface area contributed by atoms with Crippen LogP contribution >= 0.6 is 35.4 Å². The normalized spacial score (nSPS) is 11.0. The summed E-state index contributed by atoms with van der Waals surface area (Å²) in [6.45, 7) is 0. The van der Waals surface area contributed by atoms with Crippen LogP contribution in [0.2, 0.25) is 10.0 Å². The van der Waals surface area contributed by atoms with Crippen LogP contribution < -0.4 is 0 Å².